The van der Waals surface area contributed by atoms with Gasteiger partial charge in [0.25, 0.3) is 0 Å². The van der Waals surface area contributed by atoms with Gasteiger partial charge >= 0.3 is 0 Å². The standard InChI is InChI=1S/C34H23Cl/c35-27-22-20-25(21-23-27)28-14-4-5-15-30(28)31-16-6-7-17-32(31)33-19-9-13-26-12-8-18-29(34(26)33)24-10-2-1-3-11-24/h1-23H. The molecule has 0 nitrogen and oxygen atoms in total. The molecule has 0 saturated carbocycles. The summed E-state index contributed by atoms with van der Waals surface area (Å²) in [7, 11) is 0. The molecule has 0 aliphatic rings. The van der Waals surface area contributed by atoms with Crippen LogP contribution in [0.1, 0.15) is 0 Å². The monoisotopic (exact) mass is 466 g/mol. The molecule has 6 rings (SSSR count). The van der Waals surface area contributed by atoms with Gasteiger partial charge in [-0.2, -0.15) is 0 Å². The lowest BCUT2D eigenvalue weighted by molar-refractivity contribution is 1.57. The van der Waals surface area contributed by atoms with Crippen LogP contribution in [0.2, 0.25) is 5.02 Å². The molecule has 0 radical (unpaired) electrons. The molecule has 6 aromatic rings. The number of rotatable bonds is 4. The van der Waals surface area contributed by atoms with Crippen LogP contribution in [0.4, 0.5) is 0 Å². The summed E-state index contributed by atoms with van der Waals surface area (Å²) in [5, 5.41) is 3.26. The minimum atomic E-state index is 0.746. The molecule has 0 spiro atoms. The molecule has 0 atom stereocenters. The van der Waals surface area contributed by atoms with E-state index in [1.807, 2.05) is 12.1 Å². The van der Waals surface area contributed by atoms with E-state index in [2.05, 4.69) is 127 Å². The molecule has 0 bridgehead atoms. The van der Waals surface area contributed by atoms with Gasteiger partial charge in [-0.15, -0.1) is 0 Å². The van der Waals surface area contributed by atoms with Crippen molar-refractivity contribution < 1.29 is 0 Å². The summed E-state index contributed by atoms with van der Waals surface area (Å²) >= 11 is 6.18. The first-order valence-corrected chi connectivity index (χ1v) is 12.2. The highest BCUT2D eigenvalue weighted by Crippen LogP contribution is 2.42. The van der Waals surface area contributed by atoms with E-state index in [0.717, 1.165) is 10.6 Å². The minimum Gasteiger partial charge on any atom is -0.0843 e. The average Bonchev–Trinajstić information content (AvgIpc) is 2.93. The number of hydrogen-bond donors (Lipinski definition) is 0. The van der Waals surface area contributed by atoms with Crippen LogP contribution < -0.4 is 0 Å². The van der Waals surface area contributed by atoms with Gasteiger partial charge in [0.05, 0.1) is 0 Å². The highest BCUT2D eigenvalue weighted by molar-refractivity contribution is 6.30. The van der Waals surface area contributed by atoms with Crippen molar-refractivity contribution in [1.82, 2.24) is 0 Å². The molecule has 0 saturated heterocycles. The smallest absolute Gasteiger partial charge is 0.0406 e. The second-order valence-electron chi connectivity index (χ2n) is 8.67. The Labute approximate surface area is 211 Å². The zero-order valence-electron chi connectivity index (χ0n) is 19.2. The van der Waals surface area contributed by atoms with E-state index in [1.165, 1.54) is 49.7 Å². The van der Waals surface area contributed by atoms with Crippen molar-refractivity contribution in [3.8, 4) is 44.5 Å². The van der Waals surface area contributed by atoms with Crippen molar-refractivity contribution in [2.75, 3.05) is 0 Å². The first-order chi connectivity index (χ1) is 17.3. The number of halogens is 1. The third kappa shape index (κ3) is 4.03. The predicted octanol–water partition coefficient (Wildman–Crippen LogP) is 10.2. The van der Waals surface area contributed by atoms with Crippen molar-refractivity contribution in [2.45, 2.75) is 0 Å². The summed E-state index contributed by atoms with van der Waals surface area (Å²) < 4.78 is 0. The molecular formula is C34H23Cl. The molecule has 166 valence electrons. The zero-order chi connectivity index (χ0) is 23.6. The molecule has 0 aliphatic carbocycles. The van der Waals surface area contributed by atoms with Gasteiger partial charge in [0.15, 0.2) is 0 Å². The molecule has 0 fully saturated rings. The molecule has 0 aromatic heterocycles. The third-order valence-electron chi connectivity index (χ3n) is 6.58. The Bertz CT molecular complexity index is 1620. The molecule has 0 aliphatic heterocycles. The first-order valence-electron chi connectivity index (χ1n) is 11.8. The quantitative estimate of drug-likeness (QED) is 0.242. The predicted molar refractivity (Wildman–Crippen MR) is 151 cm³/mol. The van der Waals surface area contributed by atoms with Gasteiger partial charge in [-0.1, -0.05) is 139 Å². The number of fused-ring (bicyclic) bond motifs is 1. The Morgan fingerprint density at radius 1 is 0.314 bits per heavy atom. The van der Waals surface area contributed by atoms with Gasteiger partial charge in [0.1, 0.15) is 0 Å². The lowest BCUT2D eigenvalue weighted by atomic mass is 9.86. The van der Waals surface area contributed by atoms with E-state index in [0.29, 0.717) is 0 Å². The summed E-state index contributed by atoms with van der Waals surface area (Å²) in [5.74, 6) is 0. The lowest BCUT2D eigenvalue weighted by Crippen LogP contribution is -1.91. The molecule has 6 aromatic carbocycles. The van der Waals surface area contributed by atoms with E-state index in [9.17, 15) is 0 Å². The van der Waals surface area contributed by atoms with E-state index in [4.69, 9.17) is 11.6 Å². The van der Waals surface area contributed by atoms with Crippen LogP contribution >= 0.6 is 11.6 Å². The maximum absolute atomic E-state index is 6.18. The van der Waals surface area contributed by atoms with Crippen molar-refractivity contribution in [1.29, 1.82) is 0 Å². The Balaban J connectivity index is 1.62. The Kier molecular flexibility index (Phi) is 5.66. The van der Waals surface area contributed by atoms with E-state index in [1.54, 1.807) is 0 Å². The third-order valence-corrected chi connectivity index (χ3v) is 6.83. The van der Waals surface area contributed by atoms with Crippen LogP contribution in [-0.2, 0) is 0 Å². The summed E-state index contributed by atoms with van der Waals surface area (Å²) in [6.07, 6.45) is 0. The van der Waals surface area contributed by atoms with E-state index in [-0.39, 0.29) is 0 Å². The fourth-order valence-electron chi connectivity index (χ4n) is 4.98. The van der Waals surface area contributed by atoms with Gasteiger partial charge < -0.3 is 0 Å². The summed E-state index contributed by atoms with van der Waals surface area (Å²) in [6.45, 7) is 0. The average molecular weight is 467 g/mol. The molecule has 0 amide bonds. The van der Waals surface area contributed by atoms with Crippen LogP contribution in [-0.4, -0.2) is 0 Å². The molecule has 0 unspecified atom stereocenters. The second-order valence-corrected chi connectivity index (χ2v) is 9.11. The summed E-state index contributed by atoms with van der Waals surface area (Å²) in [6, 6.07) is 49.3. The SMILES string of the molecule is Clc1ccc(-c2ccccc2-c2ccccc2-c2cccc3cccc(-c4ccccc4)c23)cc1. The van der Waals surface area contributed by atoms with E-state index >= 15 is 0 Å². The van der Waals surface area contributed by atoms with Crippen LogP contribution in [0, 0.1) is 0 Å². The molecular weight excluding hydrogens is 444 g/mol. The molecule has 0 N–H and O–H groups in total. The van der Waals surface area contributed by atoms with Gasteiger partial charge in [-0.3, -0.25) is 0 Å². The summed E-state index contributed by atoms with van der Waals surface area (Å²) in [4.78, 5) is 0. The maximum Gasteiger partial charge on any atom is 0.0406 e. The van der Waals surface area contributed by atoms with Gasteiger partial charge in [-0.05, 0) is 67.4 Å². The normalized spacial score (nSPS) is 11.0. The van der Waals surface area contributed by atoms with Crippen molar-refractivity contribution in [3.05, 3.63) is 145 Å². The van der Waals surface area contributed by atoms with Crippen LogP contribution in [0.3, 0.4) is 0 Å². The van der Waals surface area contributed by atoms with Crippen molar-refractivity contribution in [3.63, 3.8) is 0 Å². The van der Waals surface area contributed by atoms with Gasteiger partial charge in [0.2, 0.25) is 0 Å². The minimum absolute atomic E-state index is 0.746. The fourth-order valence-corrected chi connectivity index (χ4v) is 5.10. The molecule has 35 heavy (non-hydrogen) atoms. The Morgan fingerprint density at radius 3 is 1.43 bits per heavy atom. The van der Waals surface area contributed by atoms with Gasteiger partial charge in [-0.25, -0.2) is 0 Å². The second kappa shape index (κ2) is 9.25. The topological polar surface area (TPSA) is 0 Å². The van der Waals surface area contributed by atoms with E-state index < -0.39 is 0 Å². The fraction of sp³-hybridized carbons (Fsp3) is 0. The first kappa shape index (κ1) is 21.4. The zero-order valence-corrected chi connectivity index (χ0v) is 19.9. The summed E-state index contributed by atoms with van der Waals surface area (Å²) in [5.41, 5.74) is 9.71. The Hall–Kier alpha value is -4.13. The van der Waals surface area contributed by atoms with Crippen LogP contribution in [0.15, 0.2) is 140 Å². The molecule has 1 heteroatoms. The lowest BCUT2D eigenvalue weighted by Gasteiger charge is -2.17. The van der Waals surface area contributed by atoms with Gasteiger partial charge in [0, 0.05) is 5.02 Å². The van der Waals surface area contributed by atoms with Crippen LogP contribution in [0.25, 0.3) is 55.3 Å². The highest BCUT2D eigenvalue weighted by atomic mass is 35.5. The number of benzene rings is 6. The maximum atomic E-state index is 6.18. The van der Waals surface area contributed by atoms with Crippen molar-refractivity contribution >= 4 is 22.4 Å². The Morgan fingerprint density at radius 2 is 0.771 bits per heavy atom. The molecule has 0 heterocycles. The van der Waals surface area contributed by atoms with Crippen LogP contribution in [0.5, 0.6) is 0 Å². The largest absolute Gasteiger partial charge is 0.0843 e. The number of hydrogen-bond acceptors (Lipinski definition) is 0. The highest BCUT2D eigenvalue weighted by Gasteiger charge is 2.15. The van der Waals surface area contributed by atoms with Crippen molar-refractivity contribution in [2.24, 2.45) is 0 Å².